The van der Waals surface area contributed by atoms with Gasteiger partial charge in [0.15, 0.2) is 5.82 Å². The van der Waals surface area contributed by atoms with E-state index in [1.807, 2.05) is 55.5 Å². The predicted molar refractivity (Wildman–Crippen MR) is 98.4 cm³/mol. The highest BCUT2D eigenvalue weighted by atomic mass is 32.1. The highest BCUT2D eigenvalue weighted by Crippen LogP contribution is 2.22. The van der Waals surface area contributed by atoms with Gasteiger partial charge in [-0.15, -0.1) is 10.2 Å². The normalized spacial score (nSPS) is 11.4. The Kier molecular flexibility index (Phi) is 4.22. The zero-order valence-corrected chi connectivity index (χ0v) is 14.3. The molecule has 0 saturated carbocycles. The quantitative estimate of drug-likeness (QED) is 0.548. The Morgan fingerprint density at radius 2 is 2.00 bits per heavy atom. The summed E-state index contributed by atoms with van der Waals surface area (Å²) in [7, 11) is 0. The Morgan fingerprint density at radius 3 is 2.76 bits per heavy atom. The maximum Gasteiger partial charge on any atom is 0.235 e. The summed E-state index contributed by atoms with van der Waals surface area (Å²) in [6.07, 6.45) is 7.48. The van der Waals surface area contributed by atoms with Crippen LogP contribution in [0.2, 0.25) is 0 Å². The lowest BCUT2D eigenvalue weighted by Crippen LogP contribution is -1.91. The lowest BCUT2D eigenvalue weighted by atomic mass is 10.2. The minimum absolute atomic E-state index is 0.668. The summed E-state index contributed by atoms with van der Waals surface area (Å²) in [5.74, 6) is 1.57. The van der Waals surface area contributed by atoms with E-state index in [1.165, 1.54) is 11.3 Å². The number of fused-ring (bicyclic) bond motifs is 1. The van der Waals surface area contributed by atoms with Gasteiger partial charge in [-0.1, -0.05) is 29.5 Å². The van der Waals surface area contributed by atoms with Crippen molar-refractivity contribution in [3.05, 3.63) is 59.4 Å². The average molecular weight is 349 g/mol. The molecular weight excluding hydrogens is 334 g/mol. The molecule has 0 unspecified atom stereocenters. The van der Waals surface area contributed by atoms with E-state index in [4.69, 9.17) is 4.74 Å². The first-order valence-electron chi connectivity index (χ1n) is 7.87. The van der Waals surface area contributed by atoms with Crippen LogP contribution in [0.25, 0.3) is 28.5 Å². The number of hydrogen-bond donors (Lipinski definition) is 0. The van der Waals surface area contributed by atoms with Crippen molar-refractivity contribution >= 4 is 28.4 Å². The Morgan fingerprint density at radius 1 is 1.12 bits per heavy atom. The van der Waals surface area contributed by atoms with E-state index in [-0.39, 0.29) is 0 Å². The molecule has 0 atom stereocenters. The number of rotatable bonds is 5. The summed E-state index contributed by atoms with van der Waals surface area (Å²) < 4.78 is 7.20. The van der Waals surface area contributed by atoms with Crippen LogP contribution in [0.4, 0.5) is 0 Å². The Labute approximate surface area is 148 Å². The molecule has 1 aromatic carbocycles. The molecule has 0 bridgehead atoms. The van der Waals surface area contributed by atoms with E-state index in [0.29, 0.717) is 12.4 Å². The molecule has 0 spiro atoms. The molecule has 0 saturated heterocycles. The number of benzene rings is 1. The standard InChI is InChI=1S/C18H15N5OS/c1-2-24-15-8-5-13(6-9-15)7-10-16-22-23-17(20-21-18(23)25-16)14-4-3-11-19-12-14/h3-12H,2H2,1H3. The topological polar surface area (TPSA) is 65.2 Å². The number of pyridine rings is 1. The molecule has 0 fully saturated rings. The molecule has 0 amide bonds. The second-order valence-corrected chi connectivity index (χ2v) is 6.22. The Bertz CT molecular complexity index is 1010. The molecule has 0 N–H and O–H groups in total. The largest absolute Gasteiger partial charge is 0.494 e. The summed E-state index contributed by atoms with van der Waals surface area (Å²) in [5, 5.41) is 13.8. The second kappa shape index (κ2) is 6.82. The van der Waals surface area contributed by atoms with Crippen LogP contribution in [0.5, 0.6) is 5.75 Å². The third-order valence-electron chi connectivity index (χ3n) is 3.54. The maximum absolute atomic E-state index is 5.45. The first-order valence-corrected chi connectivity index (χ1v) is 8.69. The van der Waals surface area contributed by atoms with Crippen molar-refractivity contribution in [2.75, 3.05) is 6.61 Å². The fourth-order valence-electron chi connectivity index (χ4n) is 2.38. The molecule has 3 aromatic heterocycles. The van der Waals surface area contributed by atoms with Gasteiger partial charge in [0.25, 0.3) is 0 Å². The molecule has 4 rings (SSSR count). The summed E-state index contributed by atoms with van der Waals surface area (Å²) >= 11 is 1.49. The van der Waals surface area contributed by atoms with Crippen molar-refractivity contribution in [1.82, 2.24) is 24.8 Å². The zero-order valence-electron chi connectivity index (χ0n) is 13.5. The van der Waals surface area contributed by atoms with E-state index in [1.54, 1.807) is 16.9 Å². The highest BCUT2D eigenvalue weighted by Gasteiger charge is 2.12. The van der Waals surface area contributed by atoms with Crippen molar-refractivity contribution in [1.29, 1.82) is 0 Å². The molecule has 25 heavy (non-hydrogen) atoms. The molecule has 0 radical (unpaired) electrons. The van der Waals surface area contributed by atoms with Crippen molar-refractivity contribution in [3.63, 3.8) is 0 Å². The number of aromatic nitrogens is 5. The fraction of sp³-hybridized carbons (Fsp3) is 0.111. The van der Waals surface area contributed by atoms with Crippen molar-refractivity contribution < 1.29 is 4.74 Å². The van der Waals surface area contributed by atoms with E-state index in [0.717, 1.165) is 26.8 Å². The first-order chi connectivity index (χ1) is 12.3. The van der Waals surface area contributed by atoms with Gasteiger partial charge in [0.05, 0.1) is 6.61 Å². The SMILES string of the molecule is CCOc1ccc(C=Cc2nn3c(-c4cccnc4)nnc3s2)cc1. The summed E-state index contributed by atoms with van der Waals surface area (Å²) in [6, 6.07) is 11.8. The molecule has 4 aromatic rings. The van der Waals surface area contributed by atoms with Gasteiger partial charge < -0.3 is 4.74 Å². The van der Waals surface area contributed by atoms with Gasteiger partial charge >= 0.3 is 0 Å². The molecular formula is C18H15N5OS. The summed E-state index contributed by atoms with van der Waals surface area (Å²) in [4.78, 5) is 4.88. The maximum atomic E-state index is 5.45. The number of ether oxygens (including phenoxy) is 1. The van der Waals surface area contributed by atoms with Gasteiger partial charge in [-0.05, 0) is 42.8 Å². The molecule has 0 aliphatic rings. The average Bonchev–Trinajstić information content (AvgIpc) is 3.22. The lowest BCUT2D eigenvalue weighted by Gasteiger charge is -2.01. The van der Waals surface area contributed by atoms with Crippen LogP contribution in [-0.4, -0.2) is 31.4 Å². The minimum Gasteiger partial charge on any atom is -0.494 e. The van der Waals surface area contributed by atoms with E-state index < -0.39 is 0 Å². The molecule has 7 heteroatoms. The Hall–Kier alpha value is -3.06. The van der Waals surface area contributed by atoms with Crippen LogP contribution in [0.1, 0.15) is 17.5 Å². The summed E-state index contributed by atoms with van der Waals surface area (Å²) in [5.41, 5.74) is 1.98. The molecule has 0 aliphatic carbocycles. The number of hydrogen-bond acceptors (Lipinski definition) is 6. The van der Waals surface area contributed by atoms with Gasteiger partial charge in [0.1, 0.15) is 10.8 Å². The van der Waals surface area contributed by atoms with Crippen molar-refractivity contribution in [2.24, 2.45) is 0 Å². The molecule has 0 aliphatic heterocycles. The Balaban J connectivity index is 1.59. The summed E-state index contributed by atoms with van der Waals surface area (Å²) in [6.45, 7) is 2.64. The number of nitrogens with zero attached hydrogens (tertiary/aromatic N) is 5. The lowest BCUT2D eigenvalue weighted by molar-refractivity contribution is 0.340. The van der Waals surface area contributed by atoms with Gasteiger partial charge in [-0.3, -0.25) is 4.98 Å². The zero-order chi connectivity index (χ0) is 17.1. The molecule has 3 heterocycles. The van der Waals surface area contributed by atoms with Crippen molar-refractivity contribution in [2.45, 2.75) is 6.92 Å². The smallest absolute Gasteiger partial charge is 0.235 e. The third kappa shape index (κ3) is 3.27. The van der Waals surface area contributed by atoms with Gasteiger partial charge in [-0.25, -0.2) is 0 Å². The van der Waals surface area contributed by atoms with E-state index in [9.17, 15) is 0 Å². The second-order valence-electron chi connectivity index (χ2n) is 5.24. The van der Waals surface area contributed by atoms with Crippen LogP contribution in [0.15, 0.2) is 48.8 Å². The van der Waals surface area contributed by atoms with Gasteiger partial charge in [0.2, 0.25) is 4.96 Å². The van der Waals surface area contributed by atoms with Gasteiger partial charge in [0, 0.05) is 18.0 Å². The van der Waals surface area contributed by atoms with Crippen LogP contribution in [-0.2, 0) is 0 Å². The van der Waals surface area contributed by atoms with E-state index >= 15 is 0 Å². The van der Waals surface area contributed by atoms with E-state index in [2.05, 4.69) is 20.3 Å². The first kappa shape index (κ1) is 15.5. The van der Waals surface area contributed by atoms with Crippen LogP contribution in [0, 0.1) is 0 Å². The molecule has 6 nitrogen and oxygen atoms in total. The predicted octanol–water partition coefficient (Wildman–Crippen LogP) is 3.82. The highest BCUT2D eigenvalue weighted by molar-refractivity contribution is 7.17. The van der Waals surface area contributed by atoms with Crippen LogP contribution >= 0.6 is 11.3 Å². The fourth-order valence-corrected chi connectivity index (χ4v) is 3.12. The molecule has 124 valence electrons. The monoisotopic (exact) mass is 349 g/mol. The van der Waals surface area contributed by atoms with Crippen LogP contribution < -0.4 is 4.74 Å². The van der Waals surface area contributed by atoms with Crippen LogP contribution in [0.3, 0.4) is 0 Å². The van der Waals surface area contributed by atoms with Gasteiger partial charge in [-0.2, -0.15) is 9.61 Å². The van der Waals surface area contributed by atoms with Crippen molar-refractivity contribution in [3.8, 4) is 17.1 Å². The third-order valence-corrected chi connectivity index (χ3v) is 4.40. The minimum atomic E-state index is 0.668.